The van der Waals surface area contributed by atoms with Gasteiger partial charge in [-0.1, -0.05) is 23.7 Å². The first-order chi connectivity index (χ1) is 11.3. The summed E-state index contributed by atoms with van der Waals surface area (Å²) in [4.78, 5) is 38.8. The van der Waals surface area contributed by atoms with Crippen LogP contribution in [0.5, 0.6) is 0 Å². The van der Waals surface area contributed by atoms with Gasteiger partial charge in [-0.15, -0.1) is 0 Å². The lowest BCUT2D eigenvalue weighted by Gasteiger charge is -2.28. The van der Waals surface area contributed by atoms with Gasteiger partial charge in [0.1, 0.15) is 5.54 Å². The summed E-state index contributed by atoms with van der Waals surface area (Å²) in [6.07, 6.45) is 0. The maximum atomic E-state index is 12.6. The van der Waals surface area contributed by atoms with Crippen LogP contribution in [0.25, 0.3) is 0 Å². The lowest BCUT2D eigenvalue weighted by molar-refractivity contribution is -0.155. The molecule has 0 aromatic heterocycles. The number of hydrogen-bond donors (Lipinski definition) is 1. The summed E-state index contributed by atoms with van der Waals surface area (Å²) in [7, 11) is 1.45. The van der Waals surface area contributed by atoms with Crippen molar-refractivity contribution in [3.63, 3.8) is 0 Å². The van der Waals surface area contributed by atoms with Gasteiger partial charge in [0.05, 0.1) is 18.4 Å². The van der Waals surface area contributed by atoms with Gasteiger partial charge in [0.2, 0.25) is 11.8 Å². The van der Waals surface area contributed by atoms with Crippen molar-refractivity contribution in [2.75, 3.05) is 13.7 Å². The topological polar surface area (TPSA) is 75.7 Å². The molecule has 4 atom stereocenters. The number of esters is 1. The Hall–Kier alpha value is -1.92. The van der Waals surface area contributed by atoms with Gasteiger partial charge in [-0.05, 0) is 31.5 Å². The predicted octanol–water partition coefficient (Wildman–Crippen LogP) is 1.54. The number of benzene rings is 1. The van der Waals surface area contributed by atoms with Crippen LogP contribution in [0.1, 0.15) is 25.5 Å². The highest BCUT2D eigenvalue weighted by Crippen LogP contribution is 2.48. The van der Waals surface area contributed by atoms with Crippen LogP contribution in [-0.4, -0.2) is 41.9 Å². The molecule has 0 aliphatic carbocycles. The molecule has 3 rings (SSSR count). The van der Waals surface area contributed by atoms with Gasteiger partial charge in [0, 0.05) is 18.1 Å². The van der Waals surface area contributed by atoms with Gasteiger partial charge in [-0.2, -0.15) is 0 Å². The van der Waals surface area contributed by atoms with E-state index < -0.39 is 29.4 Å². The zero-order valence-electron chi connectivity index (χ0n) is 13.7. The molecule has 0 bridgehead atoms. The van der Waals surface area contributed by atoms with Gasteiger partial charge in [-0.3, -0.25) is 24.6 Å². The summed E-state index contributed by atoms with van der Waals surface area (Å²) in [5, 5.41) is 3.76. The molecular weight excluding hydrogens is 332 g/mol. The quantitative estimate of drug-likeness (QED) is 0.661. The molecule has 0 radical (unpaired) electrons. The number of halogens is 1. The second-order valence-corrected chi connectivity index (χ2v) is 6.77. The van der Waals surface area contributed by atoms with Gasteiger partial charge in [-0.25, -0.2) is 0 Å². The Morgan fingerprint density at radius 3 is 2.50 bits per heavy atom. The Morgan fingerprint density at radius 1 is 1.29 bits per heavy atom. The summed E-state index contributed by atoms with van der Waals surface area (Å²) in [5.41, 5.74) is -0.443. The van der Waals surface area contributed by atoms with Crippen LogP contribution >= 0.6 is 11.6 Å². The number of carbonyl (C=O) groups is 3. The number of fused-ring (bicyclic) bond motifs is 1. The molecule has 2 heterocycles. The van der Waals surface area contributed by atoms with Crippen LogP contribution < -0.4 is 5.32 Å². The third-order valence-electron chi connectivity index (χ3n) is 4.94. The Bertz CT molecular complexity index is 705. The van der Waals surface area contributed by atoms with Crippen molar-refractivity contribution in [1.82, 2.24) is 10.2 Å². The highest BCUT2D eigenvalue weighted by molar-refractivity contribution is 6.30. The molecule has 1 N–H and O–H groups in total. The summed E-state index contributed by atoms with van der Waals surface area (Å²) < 4.78 is 5.15. The fraction of sp³-hybridized carbons (Fsp3) is 0.471. The first-order valence-corrected chi connectivity index (χ1v) is 8.21. The van der Waals surface area contributed by atoms with Crippen molar-refractivity contribution in [3.05, 3.63) is 34.9 Å². The fourth-order valence-corrected chi connectivity index (χ4v) is 3.83. The summed E-state index contributed by atoms with van der Waals surface area (Å²) in [6, 6.07) is 6.58. The number of nitrogens with one attached hydrogen (secondary N) is 1. The van der Waals surface area contributed by atoms with Crippen molar-refractivity contribution in [2.45, 2.75) is 25.4 Å². The molecule has 2 aliphatic rings. The highest BCUT2D eigenvalue weighted by Gasteiger charge is 2.66. The molecule has 6 nitrogen and oxygen atoms in total. The second-order valence-electron chi connectivity index (χ2n) is 6.34. The van der Waals surface area contributed by atoms with E-state index in [-0.39, 0.29) is 18.4 Å². The molecule has 0 spiro atoms. The van der Waals surface area contributed by atoms with Crippen LogP contribution in [-0.2, 0) is 19.1 Å². The molecule has 2 amide bonds. The standard InChI is InChI=1S/C17H19ClN2O4/c1-4-24-16(23)17(2)12-11(14(21)20(3)15(12)22)13(19-17)9-5-7-10(18)8-6-9/h5-8,11-13,19H,4H2,1-3H3/t11-,12-,13+,17+/m0/s1. The number of imide groups is 1. The minimum absolute atomic E-state index is 0.205. The summed E-state index contributed by atoms with van der Waals surface area (Å²) in [6.45, 7) is 3.54. The SMILES string of the molecule is CCOC(=O)[C@]1(C)N[C@H](c2ccc(Cl)cc2)[C@H]2C(=O)N(C)C(=O)[C@H]21. The van der Waals surface area contributed by atoms with Crippen molar-refractivity contribution in [3.8, 4) is 0 Å². The zero-order chi connectivity index (χ0) is 17.6. The average molecular weight is 351 g/mol. The molecule has 2 fully saturated rings. The van der Waals surface area contributed by atoms with Crippen molar-refractivity contribution >= 4 is 29.4 Å². The van der Waals surface area contributed by atoms with E-state index in [1.807, 2.05) is 0 Å². The number of amides is 2. The van der Waals surface area contributed by atoms with E-state index in [2.05, 4.69) is 5.32 Å². The van der Waals surface area contributed by atoms with Crippen molar-refractivity contribution < 1.29 is 19.1 Å². The number of nitrogens with zero attached hydrogens (tertiary/aromatic N) is 1. The molecule has 2 saturated heterocycles. The Kier molecular flexibility index (Phi) is 4.13. The van der Waals surface area contributed by atoms with E-state index in [0.717, 1.165) is 10.5 Å². The van der Waals surface area contributed by atoms with Crippen molar-refractivity contribution in [1.29, 1.82) is 0 Å². The molecule has 1 aromatic carbocycles. The summed E-state index contributed by atoms with van der Waals surface area (Å²) >= 11 is 5.93. The summed E-state index contributed by atoms with van der Waals surface area (Å²) in [5.74, 6) is -2.59. The third-order valence-corrected chi connectivity index (χ3v) is 5.19. The van der Waals surface area contributed by atoms with Crippen LogP contribution in [0.3, 0.4) is 0 Å². The minimum Gasteiger partial charge on any atom is -0.465 e. The number of hydrogen-bond acceptors (Lipinski definition) is 5. The molecule has 128 valence electrons. The van der Waals surface area contributed by atoms with Gasteiger partial charge in [0.15, 0.2) is 0 Å². The molecule has 7 heteroatoms. The number of carbonyl (C=O) groups excluding carboxylic acids is 3. The van der Waals surface area contributed by atoms with Crippen molar-refractivity contribution in [2.24, 2.45) is 11.8 Å². The van der Waals surface area contributed by atoms with Crippen LogP contribution in [0.2, 0.25) is 5.02 Å². The normalized spacial score (nSPS) is 32.2. The van der Waals surface area contributed by atoms with E-state index in [9.17, 15) is 14.4 Å². The van der Waals surface area contributed by atoms with E-state index >= 15 is 0 Å². The molecule has 1 aromatic rings. The van der Waals surface area contributed by atoms with E-state index in [4.69, 9.17) is 16.3 Å². The Labute approximate surface area is 145 Å². The maximum absolute atomic E-state index is 12.6. The molecule has 2 aliphatic heterocycles. The van der Waals surface area contributed by atoms with Gasteiger partial charge < -0.3 is 4.74 Å². The average Bonchev–Trinajstić information content (AvgIpc) is 2.99. The van der Waals surface area contributed by atoms with E-state index in [1.165, 1.54) is 7.05 Å². The lowest BCUT2D eigenvalue weighted by Crippen LogP contribution is -2.53. The first-order valence-electron chi connectivity index (χ1n) is 7.83. The van der Waals surface area contributed by atoms with Crippen LogP contribution in [0.15, 0.2) is 24.3 Å². The third kappa shape index (κ3) is 2.32. The minimum atomic E-state index is -1.25. The number of likely N-dealkylation sites (tertiary alicyclic amines) is 1. The Balaban J connectivity index is 2.06. The number of ether oxygens (including phenoxy) is 1. The first kappa shape index (κ1) is 16.9. The molecule has 24 heavy (non-hydrogen) atoms. The second kappa shape index (κ2) is 5.86. The monoisotopic (exact) mass is 350 g/mol. The largest absolute Gasteiger partial charge is 0.465 e. The van der Waals surface area contributed by atoms with Gasteiger partial charge in [0.25, 0.3) is 0 Å². The molecule has 0 unspecified atom stereocenters. The maximum Gasteiger partial charge on any atom is 0.326 e. The Morgan fingerprint density at radius 2 is 1.92 bits per heavy atom. The van der Waals surface area contributed by atoms with Gasteiger partial charge >= 0.3 is 5.97 Å². The highest BCUT2D eigenvalue weighted by atomic mass is 35.5. The van der Waals surface area contributed by atoms with E-state index in [0.29, 0.717) is 5.02 Å². The van der Waals surface area contributed by atoms with Crippen LogP contribution in [0, 0.1) is 11.8 Å². The van der Waals surface area contributed by atoms with E-state index in [1.54, 1.807) is 38.1 Å². The smallest absolute Gasteiger partial charge is 0.326 e. The fourth-order valence-electron chi connectivity index (χ4n) is 3.71. The number of rotatable bonds is 3. The van der Waals surface area contributed by atoms with Crippen LogP contribution in [0.4, 0.5) is 0 Å². The molecular formula is C17H19ClN2O4. The predicted molar refractivity (Wildman–Crippen MR) is 87.1 cm³/mol. The zero-order valence-corrected chi connectivity index (χ0v) is 14.5. The molecule has 0 saturated carbocycles. The lowest BCUT2D eigenvalue weighted by atomic mass is 9.80.